The Labute approximate surface area is 169 Å². The molecule has 2 aliphatic rings. The van der Waals surface area contributed by atoms with Gasteiger partial charge >= 0.3 is 0 Å². The van der Waals surface area contributed by atoms with Crippen molar-refractivity contribution in [1.29, 1.82) is 0 Å². The fourth-order valence-corrected chi connectivity index (χ4v) is 4.41. The Morgan fingerprint density at radius 2 is 1.96 bits per heavy atom. The van der Waals surface area contributed by atoms with Gasteiger partial charge in [0.2, 0.25) is 0 Å². The first-order chi connectivity index (χ1) is 13.9. The molecule has 4 heteroatoms. The lowest BCUT2D eigenvalue weighted by Gasteiger charge is -2.22. The van der Waals surface area contributed by atoms with Gasteiger partial charge in [-0.1, -0.05) is 18.2 Å². The summed E-state index contributed by atoms with van der Waals surface area (Å²) in [6, 6.07) is 17.0. The highest BCUT2D eigenvalue weighted by molar-refractivity contribution is 5.60. The van der Waals surface area contributed by atoms with Crippen molar-refractivity contribution in [2.45, 2.75) is 38.0 Å². The van der Waals surface area contributed by atoms with Gasteiger partial charge in [-0.25, -0.2) is 0 Å². The van der Waals surface area contributed by atoms with Crippen LogP contribution in [0.1, 0.15) is 43.6 Å². The van der Waals surface area contributed by atoms with Crippen molar-refractivity contribution in [3.05, 3.63) is 54.1 Å². The lowest BCUT2D eigenvalue weighted by atomic mass is 9.95. The van der Waals surface area contributed by atoms with E-state index in [2.05, 4.69) is 64.5 Å². The van der Waals surface area contributed by atoms with E-state index in [4.69, 9.17) is 4.74 Å². The quantitative estimate of drug-likeness (QED) is 0.545. The monoisotopic (exact) mass is 379 g/mol. The molecule has 0 radical (unpaired) electrons. The van der Waals surface area contributed by atoms with Crippen molar-refractivity contribution in [1.82, 2.24) is 5.32 Å². The van der Waals surface area contributed by atoms with Crippen molar-refractivity contribution in [3.8, 4) is 5.75 Å². The Kier molecular flexibility index (Phi) is 6.72. The summed E-state index contributed by atoms with van der Waals surface area (Å²) < 4.78 is 6.08. The van der Waals surface area contributed by atoms with Crippen LogP contribution in [0.4, 0.5) is 11.4 Å². The molecule has 3 N–H and O–H groups in total. The SMILES string of the molecule is c1ccc(NCCC2CNc3ccc(OCCCC4CCCNC4)cc32)cc1. The average molecular weight is 380 g/mol. The van der Waals surface area contributed by atoms with E-state index in [1.165, 1.54) is 49.3 Å². The van der Waals surface area contributed by atoms with Crippen LogP contribution in [-0.4, -0.2) is 32.8 Å². The molecular weight excluding hydrogens is 346 g/mol. The normalized spacial score (nSPS) is 21.0. The molecule has 1 fully saturated rings. The van der Waals surface area contributed by atoms with Gasteiger partial charge < -0.3 is 20.7 Å². The number of para-hydroxylation sites is 1. The summed E-state index contributed by atoms with van der Waals surface area (Å²) in [7, 11) is 0. The molecule has 2 unspecified atom stereocenters. The van der Waals surface area contributed by atoms with E-state index in [-0.39, 0.29) is 0 Å². The van der Waals surface area contributed by atoms with Crippen molar-refractivity contribution in [3.63, 3.8) is 0 Å². The van der Waals surface area contributed by atoms with E-state index < -0.39 is 0 Å². The Balaban J connectivity index is 1.23. The number of nitrogens with one attached hydrogen (secondary N) is 3. The molecule has 0 spiro atoms. The minimum Gasteiger partial charge on any atom is -0.494 e. The van der Waals surface area contributed by atoms with Crippen molar-refractivity contribution in [2.75, 3.05) is 43.4 Å². The standard InChI is InChI=1S/C24H33N3O/c1-2-8-21(9-3-1)26-14-12-20-18-27-24-11-10-22(16-23(20)24)28-15-5-7-19-6-4-13-25-17-19/h1-3,8-11,16,19-20,25-27H,4-7,12-15,17-18H2. The van der Waals surface area contributed by atoms with E-state index in [9.17, 15) is 0 Å². The number of rotatable bonds is 9. The number of benzene rings is 2. The van der Waals surface area contributed by atoms with Crippen molar-refractivity contribution in [2.24, 2.45) is 5.92 Å². The fourth-order valence-electron chi connectivity index (χ4n) is 4.41. The minimum absolute atomic E-state index is 0.545. The third-order valence-electron chi connectivity index (χ3n) is 6.02. The zero-order valence-corrected chi connectivity index (χ0v) is 16.8. The van der Waals surface area contributed by atoms with Crippen LogP contribution in [0.25, 0.3) is 0 Å². The van der Waals surface area contributed by atoms with Crippen LogP contribution in [0, 0.1) is 5.92 Å². The van der Waals surface area contributed by atoms with Gasteiger partial charge in [0.25, 0.3) is 0 Å². The number of anilines is 2. The summed E-state index contributed by atoms with van der Waals surface area (Å²) in [5.74, 6) is 2.40. The van der Waals surface area contributed by atoms with Crippen LogP contribution >= 0.6 is 0 Å². The molecule has 4 rings (SSSR count). The summed E-state index contributed by atoms with van der Waals surface area (Å²) in [5.41, 5.74) is 3.87. The molecule has 0 bridgehead atoms. The predicted molar refractivity (Wildman–Crippen MR) is 118 cm³/mol. The van der Waals surface area contributed by atoms with Gasteiger partial charge in [0, 0.05) is 30.4 Å². The first-order valence-corrected chi connectivity index (χ1v) is 10.9. The smallest absolute Gasteiger partial charge is 0.119 e. The highest BCUT2D eigenvalue weighted by atomic mass is 16.5. The molecule has 2 aromatic rings. The topological polar surface area (TPSA) is 45.3 Å². The second-order valence-electron chi connectivity index (χ2n) is 8.11. The van der Waals surface area contributed by atoms with Crippen LogP contribution < -0.4 is 20.7 Å². The number of hydrogen-bond donors (Lipinski definition) is 3. The molecule has 0 amide bonds. The molecule has 2 heterocycles. The van der Waals surface area contributed by atoms with Gasteiger partial charge in [0.15, 0.2) is 0 Å². The molecule has 4 nitrogen and oxygen atoms in total. The molecule has 0 saturated carbocycles. The van der Waals surface area contributed by atoms with Crippen molar-refractivity contribution < 1.29 is 4.74 Å². The minimum atomic E-state index is 0.545. The molecule has 2 atom stereocenters. The first kappa shape index (κ1) is 19.1. The third kappa shape index (κ3) is 5.20. The van der Waals surface area contributed by atoms with Gasteiger partial charge in [-0.3, -0.25) is 0 Å². The maximum Gasteiger partial charge on any atom is 0.119 e. The average Bonchev–Trinajstić information content (AvgIpc) is 3.15. The van der Waals surface area contributed by atoms with Gasteiger partial charge in [0.1, 0.15) is 5.75 Å². The lowest BCUT2D eigenvalue weighted by molar-refractivity contribution is 0.275. The van der Waals surface area contributed by atoms with E-state index in [1.54, 1.807) is 0 Å². The maximum absolute atomic E-state index is 6.08. The molecular formula is C24H33N3O. The van der Waals surface area contributed by atoms with Gasteiger partial charge in [-0.05, 0) is 87.0 Å². The van der Waals surface area contributed by atoms with Crippen LogP contribution in [0.15, 0.2) is 48.5 Å². The second-order valence-corrected chi connectivity index (χ2v) is 8.11. The highest BCUT2D eigenvalue weighted by Gasteiger charge is 2.22. The molecule has 150 valence electrons. The van der Waals surface area contributed by atoms with Gasteiger partial charge in [0.05, 0.1) is 6.61 Å². The fraction of sp³-hybridized carbons (Fsp3) is 0.500. The molecule has 1 saturated heterocycles. The maximum atomic E-state index is 6.08. The Bertz CT molecular complexity index is 728. The highest BCUT2D eigenvalue weighted by Crippen LogP contribution is 2.36. The lowest BCUT2D eigenvalue weighted by Crippen LogP contribution is -2.29. The number of fused-ring (bicyclic) bond motifs is 1. The van der Waals surface area contributed by atoms with Gasteiger partial charge in [-0.2, -0.15) is 0 Å². The van der Waals surface area contributed by atoms with E-state index >= 15 is 0 Å². The summed E-state index contributed by atoms with van der Waals surface area (Å²) in [6.07, 6.45) is 6.23. The third-order valence-corrected chi connectivity index (χ3v) is 6.02. The zero-order valence-electron chi connectivity index (χ0n) is 16.8. The van der Waals surface area contributed by atoms with Crippen LogP contribution in [0.3, 0.4) is 0 Å². The first-order valence-electron chi connectivity index (χ1n) is 10.9. The zero-order chi connectivity index (χ0) is 19.0. The summed E-state index contributed by atoms with van der Waals surface area (Å²) in [6.45, 7) is 5.20. The number of hydrogen-bond acceptors (Lipinski definition) is 4. The summed E-state index contributed by atoms with van der Waals surface area (Å²) in [5, 5.41) is 10.6. The Hall–Kier alpha value is -2.20. The Morgan fingerprint density at radius 1 is 1.04 bits per heavy atom. The molecule has 0 aromatic heterocycles. The van der Waals surface area contributed by atoms with Crippen LogP contribution in [-0.2, 0) is 0 Å². The predicted octanol–water partition coefficient (Wildman–Crippen LogP) is 4.86. The number of ether oxygens (including phenoxy) is 1. The van der Waals surface area contributed by atoms with Crippen LogP contribution in [0.5, 0.6) is 5.75 Å². The van der Waals surface area contributed by atoms with Crippen LogP contribution in [0.2, 0.25) is 0 Å². The van der Waals surface area contributed by atoms with E-state index in [1.807, 2.05) is 0 Å². The molecule has 28 heavy (non-hydrogen) atoms. The van der Waals surface area contributed by atoms with E-state index in [0.717, 1.165) is 44.2 Å². The largest absolute Gasteiger partial charge is 0.494 e. The second kappa shape index (κ2) is 9.83. The summed E-state index contributed by atoms with van der Waals surface area (Å²) >= 11 is 0. The Morgan fingerprint density at radius 3 is 2.82 bits per heavy atom. The number of piperidine rings is 1. The summed E-state index contributed by atoms with van der Waals surface area (Å²) in [4.78, 5) is 0. The van der Waals surface area contributed by atoms with Gasteiger partial charge in [-0.15, -0.1) is 0 Å². The van der Waals surface area contributed by atoms with Crippen molar-refractivity contribution >= 4 is 11.4 Å². The molecule has 2 aromatic carbocycles. The molecule has 0 aliphatic carbocycles. The molecule has 2 aliphatic heterocycles. The van der Waals surface area contributed by atoms with E-state index in [0.29, 0.717) is 5.92 Å².